The molecule has 2 rings (SSSR count). The third-order valence-corrected chi connectivity index (χ3v) is 4.19. The second-order valence-electron chi connectivity index (χ2n) is 4.67. The van der Waals surface area contributed by atoms with Gasteiger partial charge in [-0.25, -0.2) is 19.2 Å². The average Bonchev–Trinajstić information content (AvgIpc) is 2.57. The number of ether oxygens (including phenoxy) is 1. The first kappa shape index (κ1) is 18.6. The first-order valence-corrected chi connectivity index (χ1v) is 7.96. The van der Waals surface area contributed by atoms with Gasteiger partial charge in [0.25, 0.3) is 0 Å². The number of hydrogen-bond donors (Lipinski definition) is 0. The molecule has 126 valence electrons. The topological polar surface area (TPSA) is 52.1 Å². The Hall–Kier alpha value is -1.69. The van der Waals surface area contributed by atoms with E-state index in [1.54, 1.807) is 0 Å². The number of rotatable bonds is 4. The number of carbonyl (C=O) groups is 1. The van der Waals surface area contributed by atoms with Crippen LogP contribution in [0.2, 0.25) is 10.0 Å². The molecule has 0 bridgehead atoms. The van der Waals surface area contributed by atoms with E-state index < -0.39 is 11.8 Å². The highest BCUT2D eigenvalue weighted by atomic mass is 35.5. The molecule has 0 saturated carbocycles. The summed E-state index contributed by atoms with van der Waals surface area (Å²) in [4.78, 5) is 19.5. The van der Waals surface area contributed by atoms with Crippen LogP contribution in [-0.2, 0) is 16.0 Å². The molecule has 4 nitrogen and oxygen atoms in total. The average molecular weight is 390 g/mol. The van der Waals surface area contributed by atoms with Crippen LogP contribution in [0, 0.1) is 5.82 Å². The minimum Gasteiger partial charge on any atom is -0.465 e. The van der Waals surface area contributed by atoms with Gasteiger partial charge in [0.15, 0.2) is 0 Å². The van der Waals surface area contributed by atoms with Gasteiger partial charge in [-0.15, -0.1) is 0 Å². The molecular weight excluding hydrogens is 378 g/mol. The Morgan fingerprint density at radius 3 is 2.67 bits per heavy atom. The summed E-state index contributed by atoms with van der Waals surface area (Å²) < 4.78 is 18.9. The first-order chi connectivity index (χ1) is 11.4. The highest BCUT2D eigenvalue weighted by Gasteiger charge is 2.17. The van der Waals surface area contributed by atoms with Crippen LogP contribution < -0.4 is 0 Å². The third kappa shape index (κ3) is 3.86. The maximum absolute atomic E-state index is 14.3. The molecule has 0 saturated heterocycles. The van der Waals surface area contributed by atoms with Gasteiger partial charge >= 0.3 is 5.97 Å². The van der Waals surface area contributed by atoms with E-state index in [-0.39, 0.29) is 26.3 Å². The predicted molar refractivity (Wildman–Crippen MR) is 92.7 cm³/mol. The Balaban J connectivity index is 2.61. The Morgan fingerprint density at radius 2 is 2.04 bits per heavy atom. The lowest BCUT2D eigenvalue weighted by molar-refractivity contribution is -0.135. The maximum Gasteiger partial charge on any atom is 0.349 e. The highest BCUT2D eigenvalue weighted by Crippen LogP contribution is 2.33. The molecule has 1 heterocycles. The number of nitrogens with zero attached hydrogens (tertiary/aromatic N) is 2. The zero-order chi connectivity index (χ0) is 17.9. The quantitative estimate of drug-likeness (QED) is 0.551. The molecule has 0 spiro atoms. The SMILES string of the molecule is CCc1ncnc(-c2cc(/C=C(\Cl)C(=O)OC)c(Cl)cc2F)c1Cl. The molecule has 24 heavy (non-hydrogen) atoms. The number of halogens is 4. The van der Waals surface area contributed by atoms with E-state index in [0.29, 0.717) is 17.7 Å². The molecule has 0 radical (unpaired) electrons. The third-order valence-electron chi connectivity index (χ3n) is 3.20. The van der Waals surface area contributed by atoms with E-state index in [4.69, 9.17) is 34.8 Å². The van der Waals surface area contributed by atoms with Crippen LogP contribution in [0.1, 0.15) is 18.2 Å². The van der Waals surface area contributed by atoms with Crippen molar-refractivity contribution in [3.8, 4) is 11.3 Å². The van der Waals surface area contributed by atoms with Crippen LogP contribution in [0.3, 0.4) is 0 Å². The van der Waals surface area contributed by atoms with Gasteiger partial charge in [0, 0.05) is 5.56 Å². The van der Waals surface area contributed by atoms with Gasteiger partial charge in [-0.1, -0.05) is 41.7 Å². The van der Waals surface area contributed by atoms with Crippen molar-refractivity contribution in [1.29, 1.82) is 0 Å². The molecule has 0 unspecified atom stereocenters. The lowest BCUT2D eigenvalue weighted by Gasteiger charge is -2.10. The smallest absolute Gasteiger partial charge is 0.349 e. The van der Waals surface area contributed by atoms with E-state index in [1.807, 2.05) is 6.92 Å². The van der Waals surface area contributed by atoms with Crippen molar-refractivity contribution in [3.05, 3.63) is 50.6 Å². The summed E-state index contributed by atoms with van der Waals surface area (Å²) in [5.74, 6) is -1.33. The number of aryl methyl sites for hydroxylation is 1. The molecule has 8 heteroatoms. The van der Waals surface area contributed by atoms with Crippen molar-refractivity contribution in [2.75, 3.05) is 7.11 Å². The van der Waals surface area contributed by atoms with Gasteiger partial charge in [0.1, 0.15) is 17.2 Å². The first-order valence-electron chi connectivity index (χ1n) is 6.83. The van der Waals surface area contributed by atoms with Crippen molar-refractivity contribution in [1.82, 2.24) is 9.97 Å². The number of hydrogen-bond acceptors (Lipinski definition) is 4. The molecule has 0 aliphatic carbocycles. The summed E-state index contributed by atoms with van der Waals surface area (Å²) in [6.07, 6.45) is 3.17. The summed E-state index contributed by atoms with van der Waals surface area (Å²) in [7, 11) is 1.20. The van der Waals surface area contributed by atoms with Crippen LogP contribution in [-0.4, -0.2) is 23.0 Å². The maximum atomic E-state index is 14.3. The van der Waals surface area contributed by atoms with Crippen LogP contribution in [0.4, 0.5) is 4.39 Å². The minimum atomic E-state index is -0.730. The monoisotopic (exact) mass is 388 g/mol. The van der Waals surface area contributed by atoms with Gasteiger partial charge in [0.2, 0.25) is 0 Å². The van der Waals surface area contributed by atoms with Crippen LogP contribution >= 0.6 is 34.8 Å². The molecule has 1 aromatic heterocycles. The number of benzene rings is 1. The largest absolute Gasteiger partial charge is 0.465 e. The molecule has 0 N–H and O–H groups in total. The second-order valence-corrected chi connectivity index (χ2v) is 5.87. The standard InChI is InChI=1S/C16H12Cl3FN2O2/c1-3-13-14(19)15(22-7-21-13)9-4-8(10(17)6-12(9)20)5-11(18)16(23)24-2/h4-7H,3H2,1-2H3/b11-5-. The normalized spacial score (nSPS) is 11.5. The highest BCUT2D eigenvalue weighted by molar-refractivity contribution is 6.43. The summed E-state index contributed by atoms with van der Waals surface area (Å²) in [6.45, 7) is 1.88. The number of carbonyl (C=O) groups excluding carboxylic acids is 1. The molecule has 0 amide bonds. The van der Waals surface area contributed by atoms with Crippen LogP contribution in [0.5, 0.6) is 0 Å². The van der Waals surface area contributed by atoms with Gasteiger partial charge in [-0.3, -0.25) is 0 Å². The Kier molecular flexibility index (Phi) is 6.15. The number of aromatic nitrogens is 2. The molecule has 2 aromatic rings. The van der Waals surface area contributed by atoms with E-state index in [2.05, 4.69) is 14.7 Å². The van der Waals surface area contributed by atoms with E-state index in [1.165, 1.54) is 25.6 Å². The number of methoxy groups -OCH3 is 1. The van der Waals surface area contributed by atoms with Gasteiger partial charge in [-0.2, -0.15) is 0 Å². The summed E-state index contributed by atoms with van der Waals surface area (Å²) in [6, 6.07) is 2.52. The second kappa shape index (κ2) is 7.92. The van der Waals surface area contributed by atoms with Crippen molar-refractivity contribution < 1.29 is 13.9 Å². The zero-order valence-corrected chi connectivity index (χ0v) is 15.0. The van der Waals surface area contributed by atoms with Crippen LogP contribution in [0.25, 0.3) is 17.3 Å². The molecular formula is C16H12Cl3FN2O2. The molecule has 0 aliphatic heterocycles. The molecule has 0 atom stereocenters. The molecule has 1 aromatic carbocycles. The summed E-state index contributed by atoms with van der Waals surface area (Å²) >= 11 is 18.1. The van der Waals surface area contributed by atoms with Crippen molar-refractivity contribution in [3.63, 3.8) is 0 Å². The predicted octanol–water partition coefficient (Wildman–Crippen LogP) is 4.90. The Labute approximate surface area is 153 Å². The van der Waals surface area contributed by atoms with Crippen LogP contribution in [0.15, 0.2) is 23.5 Å². The van der Waals surface area contributed by atoms with Gasteiger partial charge < -0.3 is 4.74 Å². The fourth-order valence-corrected chi connectivity index (χ4v) is 2.72. The number of esters is 1. The van der Waals surface area contributed by atoms with E-state index in [0.717, 1.165) is 6.07 Å². The summed E-state index contributed by atoms with van der Waals surface area (Å²) in [5.41, 5.74) is 1.29. The minimum absolute atomic E-state index is 0.0826. The van der Waals surface area contributed by atoms with Crippen molar-refractivity contribution >= 4 is 46.8 Å². The fourth-order valence-electron chi connectivity index (χ4n) is 1.99. The van der Waals surface area contributed by atoms with Gasteiger partial charge in [0.05, 0.1) is 28.5 Å². The Bertz CT molecular complexity index is 825. The molecule has 0 fully saturated rings. The van der Waals surface area contributed by atoms with E-state index in [9.17, 15) is 9.18 Å². The summed E-state index contributed by atoms with van der Waals surface area (Å²) in [5, 5.41) is 0.148. The molecule has 0 aliphatic rings. The lowest BCUT2D eigenvalue weighted by Crippen LogP contribution is -2.00. The zero-order valence-electron chi connectivity index (χ0n) is 12.7. The van der Waals surface area contributed by atoms with Crippen molar-refractivity contribution in [2.24, 2.45) is 0 Å². The van der Waals surface area contributed by atoms with Crippen molar-refractivity contribution in [2.45, 2.75) is 13.3 Å². The lowest BCUT2D eigenvalue weighted by atomic mass is 10.1. The van der Waals surface area contributed by atoms with E-state index >= 15 is 0 Å². The fraction of sp³-hybridized carbons (Fsp3) is 0.188. The van der Waals surface area contributed by atoms with Gasteiger partial charge in [-0.05, 0) is 30.2 Å². The Morgan fingerprint density at radius 1 is 1.33 bits per heavy atom.